The minimum atomic E-state index is -0.495. The Bertz CT molecular complexity index is 1030. The number of carbonyl (C=O) groups is 1. The van der Waals surface area contributed by atoms with Crippen LogP contribution in [-0.4, -0.2) is 36.0 Å². The van der Waals surface area contributed by atoms with Crippen molar-refractivity contribution in [2.45, 2.75) is 18.9 Å². The van der Waals surface area contributed by atoms with Crippen LogP contribution in [0.4, 0.5) is 11.4 Å². The van der Waals surface area contributed by atoms with Crippen LogP contribution in [0.15, 0.2) is 42.5 Å². The van der Waals surface area contributed by atoms with E-state index in [2.05, 4.69) is 11.4 Å². The van der Waals surface area contributed by atoms with Crippen molar-refractivity contribution in [3.63, 3.8) is 0 Å². The number of nitro groups is 1. The Balaban J connectivity index is 1.47. The van der Waals surface area contributed by atoms with Crippen molar-refractivity contribution in [2.24, 2.45) is 0 Å². The van der Waals surface area contributed by atoms with Gasteiger partial charge in [-0.25, -0.2) is 4.98 Å². The molecule has 29 heavy (non-hydrogen) atoms. The standard InChI is InChI=1S/C20H20N4O4S/c1-28-17-11-13(24(26)27)8-9-14(17)21-19(25)12-23-10-4-6-16(23)20-22-15-5-2-3-7-18(15)29-20/h2-3,5,7-9,11,16H,4,6,10,12H2,1H3,(H,21,25)/p+1/t16-/m1/s1. The fourth-order valence-corrected chi connectivity index (χ4v) is 4.92. The summed E-state index contributed by atoms with van der Waals surface area (Å²) in [6.45, 7) is 1.21. The lowest BCUT2D eigenvalue weighted by Gasteiger charge is -2.19. The summed E-state index contributed by atoms with van der Waals surface area (Å²) in [5, 5.41) is 14.8. The molecule has 2 heterocycles. The van der Waals surface area contributed by atoms with Crippen LogP contribution < -0.4 is 15.0 Å². The van der Waals surface area contributed by atoms with Gasteiger partial charge in [0.2, 0.25) is 0 Å². The molecule has 1 aliphatic heterocycles. The maximum Gasteiger partial charge on any atom is 0.279 e. The van der Waals surface area contributed by atoms with Gasteiger partial charge in [-0.15, -0.1) is 11.3 Å². The summed E-state index contributed by atoms with van der Waals surface area (Å²) in [5.74, 6) is 0.117. The number of non-ortho nitro benzene ring substituents is 1. The molecule has 0 radical (unpaired) electrons. The van der Waals surface area contributed by atoms with Gasteiger partial charge >= 0.3 is 0 Å². The van der Waals surface area contributed by atoms with E-state index in [9.17, 15) is 14.9 Å². The summed E-state index contributed by atoms with van der Waals surface area (Å²) in [6.07, 6.45) is 2.05. The van der Waals surface area contributed by atoms with E-state index in [0.717, 1.165) is 34.6 Å². The average molecular weight is 413 g/mol. The largest absolute Gasteiger partial charge is 0.494 e. The van der Waals surface area contributed by atoms with Gasteiger partial charge in [-0.3, -0.25) is 14.9 Å². The van der Waals surface area contributed by atoms with Crippen LogP contribution in [-0.2, 0) is 4.79 Å². The number of nitro benzene ring substituents is 1. The lowest BCUT2D eigenvalue weighted by atomic mass is 10.2. The molecule has 1 unspecified atom stereocenters. The molecule has 9 heteroatoms. The normalized spacial score (nSPS) is 18.7. The molecule has 1 aliphatic rings. The number of hydrogen-bond donors (Lipinski definition) is 2. The Labute approximate surface area is 171 Å². The van der Waals surface area contributed by atoms with Gasteiger partial charge in [0, 0.05) is 18.9 Å². The summed E-state index contributed by atoms with van der Waals surface area (Å²) in [4.78, 5) is 29.0. The molecule has 4 rings (SSSR count). The molecular formula is C20H21N4O4S+. The number of thiazole rings is 1. The lowest BCUT2D eigenvalue weighted by Crippen LogP contribution is -3.11. The fraction of sp³-hybridized carbons (Fsp3) is 0.300. The number of quaternary nitrogens is 1. The van der Waals surface area contributed by atoms with Gasteiger partial charge in [-0.1, -0.05) is 12.1 Å². The van der Waals surface area contributed by atoms with Crippen LogP contribution in [0.5, 0.6) is 5.75 Å². The van der Waals surface area contributed by atoms with Crippen LogP contribution in [0, 0.1) is 10.1 Å². The van der Waals surface area contributed by atoms with E-state index in [4.69, 9.17) is 9.72 Å². The predicted octanol–water partition coefficient (Wildman–Crippen LogP) is 2.57. The highest BCUT2D eigenvalue weighted by Crippen LogP contribution is 2.30. The van der Waals surface area contributed by atoms with Gasteiger partial charge in [0.15, 0.2) is 11.6 Å². The average Bonchev–Trinajstić information content (AvgIpc) is 3.34. The molecule has 0 saturated carbocycles. The first-order chi connectivity index (χ1) is 14.0. The predicted molar refractivity (Wildman–Crippen MR) is 111 cm³/mol. The van der Waals surface area contributed by atoms with E-state index in [1.807, 2.05) is 18.2 Å². The van der Waals surface area contributed by atoms with Gasteiger partial charge in [0.05, 0.1) is 40.5 Å². The van der Waals surface area contributed by atoms with Crippen molar-refractivity contribution in [3.8, 4) is 5.75 Å². The SMILES string of the molecule is COc1cc([N+](=O)[O-])ccc1NC(=O)C[NH+]1CCC[C@@H]1c1nc2ccccc2s1. The number of ether oxygens (including phenoxy) is 1. The van der Waals surface area contributed by atoms with E-state index in [-0.39, 0.29) is 23.4 Å². The number of fused-ring (bicyclic) bond motifs is 1. The molecule has 2 aromatic carbocycles. The van der Waals surface area contributed by atoms with Crippen LogP contribution in [0.25, 0.3) is 10.2 Å². The first-order valence-electron chi connectivity index (χ1n) is 9.37. The van der Waals surface area contributed by atoms with Crippen LogP contribution in [0.3, 0.4) is 0 Å². The number of methoxy groups -OCH3 is 1. The Morgan fingerprint density at radius 3 is 2.97 bits per heavy atom. The summed E-state index contributed by atoms with van der Waals surface area (Å²) < 4.78 is 6.36. The molecule has 1 fully saturated rings. The van der Waals surface area contributed by atoms with Crippen LogP contribution in [0.2, 0.25) is 0 Å². The number of anilines is 1. The van der Waals surface area contributed by atoms with E-state index in [1.54, 1.807) is 11.3 Å². The topological polar surface area (TPSA) is 98.8 Å². The Morgan fingerprint density at radius 1 is 1.38 bits per heavy atom. The monoisotopic (exact) mass is 413 g/mol. The van der Waals surface area contributed by atoms with Crippen molar-refractivity contribution in [3.05, 3.63) is 57.6 Å². The van der Waals surface area contributed by atoms with E-state index in [1.165, 1.54) is 30.2 Å². The minimum absolute atomic E-state index is 0.0825. The number of hydrogen-bond acceptors (Lipinski definition) is 6. The van der Waals surface area contributed by atoms with Crippen molar-refractivity contribution in [2.75, 3.05) is 25.5 Å². The number of aromatic nitrogens is 1. The number of rotatable bonds is 6. The lowest BCUT2D eigenvalue weighted by molar-refractivity contribution is -0.910. The zero-order valence-electron chi connectivity index (χ0n) is 15.9. The number of benzene rings is 2. The molecule has 2 atom stereocenters. The van der Waals surface area contributed by atoms with E-state index in [0.29, 0.717) is 12.2 Å². The molecule has 3 aromatic rings. The maximum atomic E-state index is 12.7. The smallest absolute Gasteiger partial charge is 0.279 e. The number of nitrogens with one attached hydrogen (secondary N) is 2. The molecule has 0 bridgehead atoms. The van der Waals surface area contributed by atoms with Crippen molar-refractivity contribution in [1.82, 2.24) is 4.98 Å². The van der Waals surface area contributed by atoms with E-state index >= 15 is 0 Å². The number of carbonyl (C=O) groups excluding carboxylic acids is 1. The zero-order valence-corrected chi connectivity index (χ0v) is 16.7. The highest BCUT2D eigenvalue weighted by Gasteiger charge is 2.34. The second kappa shape index (κ2) is 8.14. The molecular weight excluding hydrogens is 392 g/mol. The highest BCUT2D eigenvalue weighted by molar-refractivity contribution is 7.18. The van der Waals surface area contributed by atoms with E-state index < -0.39 is 4.92 Å². The number of likely N-dealkylation sites (tertiary alicyclic amines) is 1. The van der Waals surface area contributed by atoms with Crippen LogP contribution in [0.1, 0.15) is 23.9 Å². The van der Waals surface area contributed by atoms with Crippen molar-refractivity contribution < 1.29 is 19.4 Å². The van der Waals surface area contributed by atoms with Gasteiger partial charge in [0.1, 0.15) is 11.8 Å². The quantitative estimate of drug-likeness (QED) is 0.478. The summed E-state index contributed by atoms with van der Waals surface area (Å²) in [7, 11) is 1.42. The van der Waals surface area contributed by atoms with Gasteiger partial charge in [-0.2, -0.15) is 0 Å². The second-order valence-electron chi connectivity index (χ2n) is 6.99. The van der Waals surface area contributed by atoms with Gasteiger partial charge in [-0.05, 0) is 18.2 Å². The molecule has 1 saturated heterocycles. The number of nitrogens with zero attached hydrogens (tertiary/aromatic N) is 2. The van der Waals surface area contributed by atoms with Crippen molar-refractivity contribution >= 4 is 38.8 Å². The Kier molecular flexibility index (Phi) is 5.41. The summed E-state index contributed by atoms with van der Waals surface area (Å²) >= 11 is 1.69. The minimum Gasteiger partial charge on any atom is -0.494 e. The zero-order chi connectivity index (χ0) is 20.4. The number of amides is 1. The van der Waals surface area contributed by atoms with Gasteiger partial charge < -0.3 is 15.0 Å². The highest BCUT2D eigenvalue weighted by atomic mass is 32.1. The maximum absolute atomic E-state index is 12.7. The molecule has 0 spiro atoms. The number of para-hydroxylation sites is 1. The molecule has 150 valence electrons. The van der Waals surface area contributed by atoms with Crippen molar-refractivity contribution in [1.29, 1.82) is 0 Å². The third-order valence-corrected chi connectivity index (χ3v) is 6.30. The molecule has 2 N–H and O–H groups in total. The Morgan fingerprint density at radius 2 is 2.21 bits per heavy atom. The first kappa shape index (κ1) is 19.3. The fourth-order valence-electron chi connectivity index (χ4n) is 3.76. The van der Waals surface area contributed by atoms with Gasteiger partial charge in [0.25, 0.3) is 11.6 Å². The first-order valence-corrected chi connectivity index (χ1v) is 10.2. The Hall–Kier alpha value is -3.04. The third-order valence-electron chi connectivity index (χ3n) is 5.15. The summed E-state index contributed by atoms with van der Waals surface area (Å²) in [6, 6.07) is 12.4. The second-order valence-corrected chi connectivity index (χ2v) is 8.05. The molecule has 1 amide bonds. The molecule has 1 aromatic heterocycles. The van der Waals surface area contributed by atoms with Crippen LogP contribution >= 0.6 is 11.3 Å². The summed E-state index contributed by atoms with van der Waals surface area (Å²) in [5.41, 5.74) is 1.35. The molecule has 0 aliphatic carbocycles. The molecule has 8 nitrogen and oxygen atoms in total. The third kappa shape index (κ3) is 4.06.